The molecule has 0 bridgehead atoms. The molecule has 0 aliphatic heterocycles. The molecule has 250 valence electrons. The fourth-order valence-corrected chi connectivity index (χ4v) is 3.69. The number of carboxylic acid groups (broad SMARTS) is 1. The summed E-state index contributed by atoms with van der Waals surface area (Å²) in [4.78, 5) is 43.3. The van der Waals surface area contributed by atoms with Crippen LogP contribution in [0, 0.1) is 11.8 Å². The van der Waals surface area contributed by atoms with Crippen LogP contribution in [0.4, 0.5) is 13.6 Å². The molecule has 3 N–H and O–H groups in total. The number of carbonyl (C=O) groups excluding carboxylic acids is 2. The molecule has 2 amide bonds. The third kappa shape index (κ3) is 11.6. The Bertz CT molecular complexity index is 1470. The smallest absolute Gasteiger partial charge is 0.408 e. The molecular formula is C32H40F2N4O8. The monoisotopic (exact) mass is 646 g/mol. The molecule has 2 aromatic heterocycles. The van der Waals surface area contributed by atoms with E-state index in [0.717, 1.165) is 12.8 Å². The van der Waals surface area contributed by atoms with Crippen molar-refractivity contribution < 1.29 is 46.9 Å². The number of aliphatic carboxylic acids is 1. The summed E-state index contributed by atoms with van der Waals surface area (Å²) in [5.74, 6) is -0.577. The number of benzene rings is 1. The molecule has 1 fully saturated rings. The molecule has 1 aliphatic carbocycles. The van der Waals surface area contributed by atoms with Crippen LogP contribution < -0.4 is 20.1 Å². The van der Waals surface area contributed by atoms with Crippen molar-refractivity contribution in [3.63, 3.8) is 0 Å². The Labute approximate surface area is 265 Å². The van der Waals surface area contributed by atoms with Crippen molar-refractivity contribution in [1.29, 1.82) is 0 Å². The molecule has 14 heteroatoms. The number of oxazole rings is 1. The van der Waals surface area contributed by atoms with E-state index in [9.17, 15) is 23.2 Å². The standard InChI is InChI=1S/C28H32F2N4O6.C4H8O2/c1-16(33-27(36)40-28(2,3)4)23-20(14-32-24(35)19-7-5-6-12-31-19)34-25(39-23)18-10-11-21(38-26(29)30)22(13-18)37-15-17-8-9-17;1-3(2)4(5)6/h5-7,10-13,16-17,26H,8-9,14-15H2,1-4H3,(H,32,35)(H,33,36);3H,1-2H3,(H,5,6)/t16-;/m0./s1. The molecule has 0 saturated heterocycles. The molecule has 1 aliphatic rings. The van der Waals surface area contributed by atoms with Crippen LogP contribution >= 0.6 is 0 Å². The van der Waals surface area contributed by atoms with Gasteiger partial charge in [-0.3, -0.25) is 14.6 Å². The zero-order valence-electron chi connectivity index (χ0n) is 26.6. The Kier molecular flexibility index (Phi) is 12.4. The molecule has 4 rings (SSSR count). The lowest BCUT2D eigenvalue weighted by Gasteiger charge is -2.21. The maximum absolute atomic E-state index is 13.0. The molecule has 1 atom stereocenters. The number of alkyl halides is 2. The Morgan fingerprint density at radius 1 is 1.09 bits per heavy atom. The second kappa shape index (κ2) is 16.0. The van der Waals surface area contributed by atoms with Crippen molar-refractivity contribution in [2.24, 2.45) is 11.8 Å². The van der Waals surface area contributed by atoms with Gasteiger partial charge in [0.15, 0.2) is 17.3 Å². The molecule has 0 spiro atoms. The average Bonchev–Trinajstić information content (AvgIpc) is 3.71. The number of ether oxygens (including phenoxy) is 3. The largest absolute Gasteiger partial charge is 0.489 e. The van der Waals surface area contributed by atoms with E-state index in [2.05, 4.69) is 25.3 Å². The van der Waals surface area contributed by atoms with Crippen molar-refractivity contribution in [1.82, 2.24) is 20.6 Å². The zero-order chi connectivity index (χ0) is 34.0. The molecule has 2 heterocycles. The van der Waals surface area contributed by atoms with E-state index in [1.807, 2.05) is 0 Å². The lowest BCUT2D eigenvalue weighted by molar-refractivity contribution is -0.140. The number of halogens is 2. The minimum Gasteiger partial charge on any atom is -0.489 e. The Balaban J connectivity index is 0.000000875. The quantitative estimate of drug-likeness (QED) is 0.202. The van der Waals surface area contributed by atoms with Gasteiger partial charge in [0, 0.05) is 11.8 Å². The Morgan fingerprint density at radius 2 is 1.78 bits per heavy atom. The lowest BCUT2D eigenvalue weighted by Crippen LogP contribution is -2.34. The van der Waals surface area contributed by atoms with Crippen LogP contribution in [0.15, 0.2) is 47.0 Å². The number of carboxylic acids is 1. The number of aromatic nitrogens is 2. The van der Waals surface area contributed by atoms with Gasteiger partial charge in [-0.05, 0) is 76.8 Å². The second-order valence-corrected chi connectivity index (χ2v) is 11.9. The van der Waals surface area contributed by atoms with Gasteiger partial charge in [0.25, 0.3) is 5.91 Å². The summed E-state index contributed by atoms with van der Waals surface area (Å²) in [5, 5.41) is 13.5. The van der Waals surface area contributed by atoms with E-state index in [-0.39, 0.29) is 41.3 Å². The molecule has 12 nitrogen and oxygen atoms in total. The SMILES string of the molecule is CC(C)C(=O)O.C[C@H](NC(=O)OC(C)(C)C)c1oc(-c2ccc(OC(F)F)c(OCC3CC3)c2)nc1CNC(=O)c1ccccn1. The maximum Gasteiger partial charge on any atom is 0.408 e. The van der Waals surface area contributed by atoms with Crippen molar-refractivity contribution in [2.75, 3.05) is 6.61 Å². The van der Waals surface area contributed by atoms with Crippen LogP contribution in [0.2, 0.25) is 0 Å². The third-order valence-electron chi connectivity index (χ3n) is 6.24. The van der Waals surface area contributed by atoms with Crippen LogP contribution in [0.5, 0.6) is 11.5 Å². The lowest BCUT2D eigenvalue weighted by atomic mass is 10.2. The van der Waals surface area contributed by atoms with E-state index in [0.29, 0.717) is 23.8 Å². The summed E-state index contributed by atoms with van der Waals surface area (Å²) in [7, 11) is 0. The highest BCUT2D eigenvalue weighted by Gasteiger charge is 2.26. The van der Waals surface area contributed by atoms with Crippen molar-refractivity contribution >= 4 is 18.0 Å². The summed E-state index contributed by atoms with van der Waals surface area (Å²) in [6.07, 6.45) is 2.88. The number of nitrogens with one attached hydrogen (secondary N) is 2. The van der Waals surface area contributed by atoms with Crippen molar-refractivity contribution in [3.05, 3.63) is 59.7 Å². The first-order chi connectivity index (χ1) is 21.6. The van der Waals surface area contributed by atoms with Gasteiger partial charge < -0.3 is 34.4 Å². The number of hydrogen-bond donors (Lipinski definition) is 3. The fraction of sp³-hybridized carbons (Fsp3) is 0.469. The predicted molar refractivity (Wildman–Crippen MR) is 162 cm³/mol. The molecule has 0 radical (unpaired) electrons. The third-order valence-corrected chi connectivity index (χ3v) is 6.24. The van der Waals surface area contributed by atoms with Gasteiger partial charge in [-0.25, -0.2) is 9.78 Å². The second-order valence-electron chi connectivity index (χ2n) is 11.9. The van der Waals surface area contributed by atoms with Crippen molar-refractivity contribution in [3.8, 4) is 23.0 Å². The normalized spacial score (nSPS) is 13.3. The highest BCUT2D eigenvalue weighted by atomic mass is 19.3. The molecule has 1 aromatic carbocycles. The zero-order valence-corrected chi connectivity index (χ0v) is 26.6. The average molecular weight is 647 g/mol. The van der Waals surface area contributed by atoms with Gasteiger partial charge in [0.1, 0.15) is 17.0 Å². The summed E-state index contributed by atoms with van der Waals surface area (Å²) in [5.41, 5.74) is 0.283. The minimum atomic E-state index is -3.02. The number of alkyl carbamates (subject to hydrolysis) is 1. The van der Waals surface area contributed by atoms with Crippen LogP contribution in [-0.4, -0.2) is 51.9 Å². The van der Waals surface area contributed by atoms with E-state index in [4.69, 9.17) is 19.0 Å². The van der Waals surface area contributed by atoms with E-state index < -0.39 is 36.2 Å². The predicted octanol–water partition coefficient (Wildman–Crippen LogP) is 6.37. The number of nitrogens with zero attached hydrogens (tertiary/aromatic N) is 2. The first-order valence-electron chi connectivity index (χ1n) is 14.8. The highest BCUT2D eigenvalue weighted by molar-refractivity contribution is 5.92. The summed E-state index contributed by atoms with van der Waals surface area (Å²) < 4.78 is 47.7. The topological polar surface area (TPSA) is 162 Å². The minimum absolute atomic E-state index is 0.0355. The number of rotatable bonds is 12. The Morgan fingerprint density at radius 3 is 2.35 bits per heavy atom. The molecule has 46 heavy (non-hydrogen) atoms. The van der Waals surface area contributed by atoms with Gasteiger partial charge in [-0.1, -0.05) is 19.9 Å². The first kappa shape index (κ1) is 35.7. The summed E-state index contributed by atoms with van der Waals surface area (Å²) >= 11 is 0. The summed E-state index contributed by atoms with van der Waals surface area (Å²) in [6.45, 7) is 7.52. The van der Waals surface area contributed by atoms with Crippen LogP contribution in [0.25, 0.3) is 11.5 Å². The Hall–Kier alpha value is -4.75. The molecule has 1 saturated carbocycles. The van der Waals surface area contributed by atoms with Gasteiger partial charge in [0.2, 0.25) is 5.89 Å². The van der Waals surface area contributed by atoms with E-state index in [1.54, 1.807) is 59.7 Å². The molecule has 0 unspecified atom stereocenters. The number of amides is 2. The fourth-order valence-electron chi connectivity index (χ4n) is 3.69. The van der Waals surface area contributed by atoms with E-state index >= 15 is 0 Å². The van der Waals surface area contributed by atoms with Crippen LogP contribution in [0.3, 0.4) is 0 Å². The molecule has 3 aromatic rings. The maximum atomic E-state index is 13.0. The number of carbonyl (C=O) groups is 3. The van der Waals surface area contributed by atoms with Crippen molar-refractivity contribution in [2.45, 2.75) is 79.2 Å². The number of hydrogen-bond acceptors (Lipinski definition) is 9. The van der Waals surface area contributed by atoms with Gasteiger partial charge in [0.05, 0.1) is 25.1 Å². The summed E-state index contributed by atoms with van der Waals surface area (Å²) in [6, 6.07) is 8.66. The van der Waals surface area contributed by atoms with Gasteiger partial charge in [-0.15, -0.1) is 0 Å². The first-order valence-corrected chi connectivity index (χ1v) is 14.8. The number of pyridine rings is 1. The van der Waals surface area contributed by atoms with E-state index in [1.165, 1.54) is 24.4 Å². The van der Waals surface area contributed by atoms with Gasteiger partial charge in [-0.2, -0.15) is 8.78 Å². The van der Waals surface area contributed by atoms with Crippen LogP contribution in [-0.2, 0) is 16.1 Å². The highest BCUT2D eigenvalue weighted by Crippen LogP contribution is 2.37. The molecular weight excluding hydrogens is 606 g/mol. The van der Waals surface area contributed by atoms with Gasteiger partial charge >= 0.3 is 18.7 Å². The van der Waals surface area contributed by atoms with Crippen LogP contribution in [0.1, 0.15) is 82.4 Å².